The van der Waals surface area contributed by atoms with Gasteiger partial charge in [-0.1, -0.05) is 43.8 Å². The van der Waals surface area contributed by atoms with E-state index < -0.39 is 0 Å². The van der Waals surface area contributed by atoms with Crippen molar-refractivity contribution in [1.82, 2.24) is 10.4 Å². The molecule has 0 aliphatic heterocycles. The van der Waals surface area contributed by atoms with Gasteiger partial charge in [0.05, 0.1) is 0 Å². The summed E-state index contributed by atoms with van der Waals surface area (Å²) in [6, 6.07) is 15.7. The van der Waals surface area contributed by atoms with Crippen molar-refractivity contribution in [2.45, 2.75) is 19.1 Å². The number of nitrogens with two attached hydrogens (primary N) is 2. The third-order valence-electron chi connectivity index (χ3n) is 4.31. The molecule has 6 N–H and O–H groups in total. The highest BCUT2D eigenvalue weighted by molar-refractivity contribution is 7.79. The molecule has 0 saturated carbocycles. The maximum atomic E-state index is 5.96. The first-order chi connectivity index (χ1) is 15.8. The van der Waals surface area contributed by atoms with Gasteiger partial charge in [-0.05, 0) is 30.2 Å². The summed E-state index contributed by atoms with van der Waals surface area (Å²) in [5.41, 5.74) is 16.8. The average molecular weight is 471 g/mol. The first kappa shape index (κ1) is 28.1. The molecule has 0 fully saturated rings. The number of rotatable bonds is 10. The molecule has 0 aromatic heterocycles. The number of nitrogen functional groups attached to an aromatic ring is 1. The minimum atomic E-state index is 0.300. The topological polar surface area (TPSA) is 101 Å². The molecule has 0 aliphatic carbocycles. The zero-order valence-corrected chi connectivity index (χ0v) is 21.0. The minimum Gasteiger partial charge on any atom is -0.400 e. The summed E-state index contributed by atoms with van der Waals surface area (Å²) in [5.74, 6) is 1.41. The predicted octanol–water partition coefficient (Wildman–Crippen LogP) is 4.13. The van der Waals surface area contributed by atoms with Gasteiger partial charge in [0.1, 0.15) is 12.4 Å². The lowest BCUT2D eigenvalue weighted by atomic mass is 10.1. The lowest BCUT2D eigenvalue weighted by Gasteiger charge is -2.16. The number of nitrogens with zero attached hydrogens (tertiary/aromatic N) is 2. The van der Waals surface area contributed by atoms with Gasteiger partial charge in [-0.25, -0.2) is 0 Å². The summed E-state index contributed by atoms with van der Waals surface area (Å²) < 4.78 is 0. The van der Waals surface area contributed by atoms with Gasteiger partial charge in [0.15, 0.2) is 0 Å². The highest BCUT2D eigenvalue weighted by Gasteiger charge is 2.07. The van der Waals surface area contributed by atoms with Crippen LogP contribution in [0.4, 0.5) is 11.4 Å². The molecule has 7 nitrogen and oxygen atoms in total. The number of amidine groups is 1. The molecular formula is C25H38N6OS. The maximum Gasteiger partial charge on any atom is 0.126 e. The van der Waals surface area contributed by atoms with E-state index in [0.29, 0.717) is 18.1 Å². The molecule has 33 heavy (non-hydrogen) atoms. The van der Waals surface area contributed by atoms with Crippen LogP contribution in [-0.2, 0) is 10.6 Å². The summed E-state index contributed by atoms with van der Waals surface area (Å²) in [5, 5.41) is 8.21. The fourth-order valence-electron chi connectivity index (χ4n) is 2.58. The largest absolute Gasteiger partial charge is 0.400 e. The molecule has 0 aliphatic rings. The van der Waals surface area contributed by atoms with Crippen molar-refractivity contribution < 1.29 is 4.84 Å². The summed E-state index contributed by atoms with van der Waals surface area (Å²) in [6.07, 6.45) is 2.80. The maximum absolute atomic E-state index is 5.96. The Morgan fingerprint density at radius 1 is 1.18 bits per heavy atom. The van der Waals surface area contributed by atoms with E-state index in [0.717, 1.165) is 41.4 Å². The second kappa shape index (κ2) is 15.8. The highest BCUT2D eigenvalue weighted by Crippen LogP contribution is 2.21. The van der Waals surface area contributed by atoms with Crippen molar-refractivity contribution in [3.8, 4) is 0 Å². The number of hydroxylamine groups is 2. The SMILES string of the molecule is C=C(NC(/C=C(\N)CON(C)C)=NC)c1ccccc1NCCC.Nc1ccc(CS)cc1. The van der Waals surface area contributed by atoms with Crippen LogP contribution in [0.25, 0.3) is 5.70 Å². The van der Waals surface area contributed by atoms with Gasteiger partial charge >= 0.3 is 0 Å². The van der Waals surface area contributed by atoms with Crippen molar-refractivity contribution in [2.75, 3.05) is 45.3 Å². The zero-order valence-electron chi connectivity index (χ0n) is 20.1. The number of anilines is 2. The highest BCUT2D eigenvalue weighted by atomic mass is 32.1. The number of benzene rings is 2. The van der Waals surface area contributed by atoms with Gasteiger partial charge in [0.25, 0.3) is 0 Å². The van der Waals surface area contributed by atoms with Crippen LogP contribution in [0.1, 0.15) is 24.5 Å². The van der Waals surface area contributed by atoms with E-state index in [-0.39, 0.29) is 0 Å². The number of para-hydroxylation sites is 1. The molecule has 8 heteroatoms. The van der Waals surface area contributed by atoms with Gasteiger partial charge in [-0.15, -0.1) is 0 Å². The van der Waals surface area contributed by atoms with Crippen LogP contribution in [-0.4, -0.2) is 45.2 Å². The van der Waals surface area contributed by atoms with E-state index in [9.17, 15) is 0 Å². The Hall–Kier alpha value is -2.94. The normalized spacial score (nSPS) is 11.6. The average Bonchev–Trinajstić information content (AvgIpc) is 2.82. The number of nitrogens with one attached hydrogen (secondary N) is 2. The number of thiol groups is 1. The van der Waals surface area contributed by atoms with E-state index in [1.807, 2.05) is 62.6 Å². The molecule has 0 spiro atoms. The summed E-state index contributed by atoms with van der Waals surface area (Å²) >= 11 is 4.10. The number of aliphatic imine (C=N–C) groups is 1. The van der Waals surface area contributed by atoms with E-state index in [4.69, 9.17) is 16.3 Å². The lowest BCUT2D eigenvalue weighted by molar-refractivity contribution is -0.109. The Morgan fingerprint density at radius 3 is 2.42 bits per heavy atom. The molecule has 2 rings (SSSR count). The van der Waals surface area contributed by atoms with E-state index in [1.165, 1.54) is 5.56 Å². The molecule has 0 bridgehead atoms. The third-order valence-corrected chi connectivity index (χ3v) is 4.68. The minimum absolute atomic E-state index is 0.300. The Balaban J connectivity index is 0.000000502. The molecule has 2 aromatic carbocycles. The quantitative estimate of drug-likeness (QED) is 0.118. The molecule has 0 heterocycles. The van der Waals surface area contributed by atoms with Crippen molar-refractivity contribution in [2.24, 2.45) is 10.7 Å². The molecule has 0 radical (unpaired) electrons. The monoisotopic (exact) mass is 470 g/mol. The van der Waals surface area contributed by atoms with E-state index in [2.05, 4.69) is 41.8 Å². The Bertz CT molecular complexity index is 909. The fourth-order valence-corrected chi connectivity index (χ4v) is 2.79. The van der Waals surface area contributed by atoms with Crippen LogP contribution >= 0.6 is 12.6 Å². The van der Waals surface area contributed by atoms with Crippen LogP contribution in [0.2, 0.25) is 0 Å². The van der Waals surface area contributed by atoms with E-state index >= 15 is 0 Å². The molecule has 2 aromatic rings. The van der Waals surface area contributed by atoms with Crippen LogP contribution in [0.3, 0.4) is 0 Å². The number of hydrogen-bond donors (Lipinski definition) is 5. The van der Waals surface area contributed by atoms with Gasteiger partial charge in [-0.2, -0.15) is 17.7 Å². The van der Waals surface area contributed by atoms with Crippen molar-refractivity contribution in [1.29, 1.82) is 0 Å². The Morgan fingerprint density at radius 2 is 1.85 bits per heavy atom. The van der Waals surface area contributed by atoms with Crippen LogP contribution < -0.4 is 22.1 Å². The van der Waals surface area contributed by atoms with Gasteiger partial charge < -0.3 is 22.1 Å². The van der Waals surface area contributed by atoms with Gasteiger partial charge in [0.2, 0.25) is 0 Å². The van der Waals surface area contributed by atoms with Crippen LogP contribution in [0.5, 0.6) is 0 Å². The lowest BCUT2D eigenvalue weighted by Crippen LogP contribution is -2.23. The molecule has 180 valence electrons. The molecule has 0 saturated heterocycles. The Labute approximate surface area is 204 Å². The number of hydrogen-bond acceptors (Lipinski definition) is 7. The molecule has 0 atom stereocenters. The van der Waals surface area contributed by atoms with Crippen molar-refractivity contribution in [3.63, 3.8) is 0 Å². The molecule has 0 unspecified atom stereocenters. The van der Waals surface area contributed by atoms with E-state index in [1.54, 1.807) is 18.2 Å². The standard InChI is InChI=1S/C18H29N5O.C7H9NS/c1-6-11-21-17-10-8-7-9-16(17)14(2)22-18(20-3)12-15(19)13-24-23(4)5;8-7-3-1-6(5-9)2-4-7/h7-10,12,21H,2,6,11,13,19H2,1,3-5H3,(H,20,22);1-4,9H,5,8H2/b15-12-;. The third kappa shape index (κ3) is 11.5. The summed E-state index contributed by atoms with van der Waals surface area (Å²) in [6.45, 7) is 7.47. The summed E-state index contributed by atoms with van der Waals surface area (Å²) in [7, 11) is 5.32. The second-order valence-electron chi connectivity index (χ2n) is 7.39. The van der Waals surface area contributed by atoms with Crippen molar-refractivity contribution in [3.05, 3.63) is 78.0 Å². The second-order valence-corrected chi connectivity index (χ2v) is 7.71. The smallest absolute Gasteiger partial charge is 0.126 e. The van der Waals surface area contributed by atoms with Gasteiger partial charge in [0, 0.05) is 67.8 Å². The van der Waals surface area contributed by atoms with Gasteiger partial charge in [-0.3, -0.25) is 9.83 Å². The fraction of sp³-hybridized carbons (Fsp3) is 0.320. The first-order valence-corrected chi connectivity index (χ1v) is 11.4. The van der Waals surface area contributed by atoms with Crippen LogP contribution in [0, 0.1) is 0 Å². The predicted molar refractivity (Wildman–Crippen MR) is 146 cm³/mol. The van der Waals surface area contributed by atoms with Crippen LogP contribution in [0.15, 0.2) is 71.9 Å². The summed E-state index contributed by atoms with van der Waals surface area (Å²) in [4.78, 5) is 9.54. The van der Waals surface area contributed by atoms with Crippen molar-refractivity contribution >= 4 is 35.5 Å². The Kier molecular flexibility index (Phi) is 13.4. The molecule has 0 amide bonds. The zero-order chi connectivity index (χ0) is 24.6. The first-order valence-electron chi connectivity index (χ1n) is 10.8. The molecular weight excluding hydrogens is 432 g/mol.